The Morgan fingerprint density at radius 2 is 1.83 bits per heavy atom. The number of hydrogen-bond acceptors (Lipinski definition) is 3. The topological polar surface area (TPSA) is 35.5 Å². The van der Waals surface area contributed by atoms with Gasteiger partial charge in [-0.15, -0.1) is 0 Å². The molecule has 1 heterocycles. The molecule has 106 valence electrons. The van der Waals surface area contributed by atoms with Gasteiger partial charge in [0.15, 0.2) is 0 Å². The number of esters is 1. The van der Waals surface area contributed by atoms with Crippen LogP contribution in [0, 0.1) is 17.3 Å². The Bertz CT molecular complexity index is 298. The van der Waals surface area contributed by atoms with Crippen LogP contribution in [-0.2, 0) is 14.3 Å². The summed E-state index contributed by atoms with van der Waals surface area (Å²) in [6.45, 7) is 12.0. The molecule has 3 nitrogen and oxygen atoms in total. The molecule has 4 heteroatoms. The summed E-state index contributed by atoms with van der Waals surface area (Å²) in [6.07, 6.45) is 0.997. The van der Waals surface area contributed by atoms with Crippen molar-refractivity contribution in [1.82, 2.24) is 0 Å². The van der Waals surface area contributed by atoms with E-state index in [-0.39, 0.29) is 23.2 Å². The number of halogens is 1. The predicted octanol–water partition coefficient (Wildman–Crippen LogP) is 3.75. The molecular weight excluding hydrogens is 296 g/mol. The molecule has 1 unspecified atom stereocenters. The van der Waals surface area contributed by atoms with Gasteiger partial charge < -0.3 is 9.47 Å². The van der Waals surface area contributed by atoms with Gasteiger partial charge in [-0.05, 0) is 33.1 Å². The molecule has 1 aliphatic heterocycles. The predicted molar refractivity (Wildman–Crippen MR) is 75.5 cm³/mol. The molecule has 1 saturated heterocycles. The lowest BCUT2D eigenvalue weighted by atomic mass is 9.83. The van der Waals surface area contributed by atoms with Crippen LogP contribution in [0.1, 0.15) is 48.0 Å². The summed E-state index contributed by atoms with van der Waals surface area (Å²) in [4.78, 5) is 12.0. The summed E-state index contributed by atoms with van der Waals surface area (Å²) in [5.74, 6) is 0.510. The molecule has 1 aliphatic rings. The lowest BCUT2D eigenvalue weighted by Crippen LogP contribution is -2.49. The second-order valence-corrected chi connectivity index (χ2v) is 7.17. The second-order valence-electron chi connectivity index (χ2n) is 6.27. The molecule has 0 bridgehead atoms. The number of ether oxygens (including phenoxy) is 2. The van der Waals surface area contributed by atoms with E-state index in [0.717, 1.165) is 6.42 Å². The van der Waals surface area contributed by atoms with Gasteiger partial charge >= 0.3 is 5.97 Å². The number of carbonyl (C=O) groups is 1. The van der Waals surface area contributed by atoms with Crippen LogP contribution in [0.2, 0.25) is 0 Å². The van der Waals surface area contributed by atoms with E-state index >= 15 is 0 Å². The molecule has 0 N–H and O–H groups in total. The van der Waals surface area contributed by atoms with Gasteiger partial charge in [0, 0.05) is 5.92 Å². The van der Waals surface area contributed by atoms with E-state index in [1.54, 1.807) is 0 Å². The standard InChI is InChI=1S/C14H25BrO3/c1-7-10-8(2)9(3)11(12(15)17-10)18-13(16)14(4,5)6/h8-12H,7H2,1-6H3/t8-,9-,10+,11-,12?/m0/s1. The Kier molecular flexibility index (Phi) is 5.24. The zero-order chi connectivity index (χ0) is 14.1. The molecule has 5 atom stereocenters. The summed E-state index contributed by atoms with van der Waals surface area (Å²) in [5, 5.41) is -0.208. The molecule has 1 rings (SSSR count). The maximum absolute atomic E-state index is 12.0. The summed E-state index contributed by atoms with van der Waals surface area (Å²) in [7, 11) is 0. The molecular formula is C14H25BrO3. The van der Waals surface area contributed by atoms with Crippen LogP contribution in [0.3, 0.4) is 0 Å². The van der Waals surface area contributed by atoms with Crippen molar-refractivity contribution in [2.45, 2.75) is 65.2 Å². The van der Waals surface area contributed by atoms with Crippen LogP contribution < -0.4 is 0 Å². The highest BCUT2D eigenvalue weighted by atomic mass is 79.9. The zero-order valence-electron chi connectivity index (χ0n) is 12.2. The maximum atomic E-state index is 12.0. The van der Waals surface area contributed by atoms with Crippen LogP contribution >= 0.6 is 15.9 Å². The summed E-state index contributed by atoms with van der Waals surface area (Å²) in [5.41, 5.74) is -0.475. The molecule has 0 spiro atoms. The Morgan fingerprint density at radius 1 is 1.28 bits per heavy atom. The number of hydrogen-bond donors (Lipinski definition) is 0. The van der Waals surface area contributed by atoms with E-state index in [0.29, 0.717) is 11.8 Å². The van der Waals surface area contributed by atoms with E-state index in [1.165, 1.54) is 0 Å². The van der Waals surface area contributed by atoms with Gasteiger partial charge in [-0.1, -0.05) is 36.7 Å². The SMILES string of the molecule is CC[C@H]1OC(Br)[C@@H](OC(=O)C(C)(C)C)[C@@H](C)[C@@H]1C. The third-order valence-electron chi connectivity index (χ3n) is 3.75. The molecule has 1 fully saturated rings. The van der Waals surface area contributed by atoms with Crippen molar-refractivity contribution in [1.29, 1.82) is 0 Å². The Labute approximate surface area is 119 Å². The highest BCUT2D eigenvalue weighted by Gasteiger charge is 2.42. The van der Waals surface area contributed by atoms with E-state index in [2.05, 4.69) is 36.7 Å². The van der Waals surface area contributed by atoms with Gasteiger partial charge in [0.05, 0.1) is 11.5 Å². The first-order chi connectivity index (χ1) is 8.18. The van der Waals surface area contributed by atoms with Crippen molar-refractivity contribution in [2.75, 3.05) is 0 Å². The first-order valence-electron chi connectivity index (χ1n) is 6.69. The van der Waals surface area contributed by atoms with E-state index in [4.69, 9.17) is 9.47 Å². The Morgan fingerprint density at radius 3 is 2.28 bits per heavy atom. The average Bonchev–Trinajstić information content (AvgIpc) is 2.27. The smallest absolute Gasteiger partial charge is 0.311 e. The minimum absolute atomic E-state index is 0.172. The largest absolute Gasteiger partial charge is 0.458 e. The summed E-state index contributed by atoms with van der Waals surface area (Å²) in [6, 6.07) is 0. The third-order valence-corrected chi connectivity index (χ3v) is 4.49. The summed E-state index contributed by atoms with van der Waals surface area (Å²) < 4.78 is 11.5. The van der Waals surface area contributed by atoms with Crippen LogP contribution in [0.15, 0.2) is 0 Å². The molecule has 0 aliphatic carbocycles. The average molecular weight is 321 g/mol. The fourth-order valence-electron chi connectivity index (χ4n) is 2.17. The van der Waals surface area contributed by atoms with Crippen molar-refractivity contribution in [3.05, 3.63) is 0 Å². The lowest BCUT2D eigenvalue weighted by molar-refractivity contribution is -0.185. The summed E-state index contributed by atoms with van der Waals surface area (Å²) >= 11 is 3.50. The van der Waals surface area contributed by atoms with Crippen LogP contribution in [0.4, 0.5) is 0 Å². The normalized spacial score (nSPS) is 37.4. The first-order valence-corrected chi connectivity index (χ1v) is 7.60. The lowest BCUT2D eigenvalue weighted by Gasteiger charge is -2.42. The van der Waals surface area contributed by atoms with Crippen molar-refractivity contribution in [3.63, 3.8) is 0 Å². The monoisotopic (exact) mass is 320 g/mol. The number of alkyl halides is 1. The zero-order valence-corrected chi connectivity index (χ0v) is 13.8. The molecule has 0 aromatic heterocycles. The van der Waals surface area contributed by atoms with Gasteiger partial charge in [-0.25, -0.2) is 0 Å². The van der Waals surface area contributed by atoms with Crippen LogP contribution in [0.5, 0.6) is 0 Å². The highest BCUT2D eigenvalue weighted by Crippen LogP contribution is 2.37. The highest BCUT2D eigenvalue weighted by molar-refractivity contribution is 9.09. The van der Waals surface area contributed by atoms with Crippen molar-refractivity contribution in [3.8, 4) is 0 Å². The van der Waals surface area contributed by atoms with Gasteiger partial charge in [0.25, 0.3) is 0 Å². The second kappa shape index (κ2) is 5.91. The Hall–Kier alpha value is -0.0900. The molecule has 0 aromatic carbocycles. The van der Waals surface area contributed by atoms with Crippen molar-refractivity contribution >= 4 is 21.9 Å². The van der Waals surface area contributed by atoms with Crippen molar-refractivity contribution in [2.24, 2.45) is 17.3 Å². The minimum atomic E-state index is -0.475. The van der Waals surface area contributed by atoms with Crippen molar-refractivity contribution < 1.29 is 14.3 Å². The Balaban J connectivity index is 2.74. The number of carbonyl (C=O) groups excluding carboxylic acids is 1. The maximum Gasteiger partial charge on any atom is 0.311 e. The fraction of sp³-hybridized carbons (Fsp3) is 0.929. The molecule has 0 aromatic rings. The van der Waals surface area contributed by atoms with Gasteiger partial charge in [-0.3, -0.25) is 4.79 Å². The van der Waals surface area contributed by atoms with E-state index < -0.39 is 5.41 Å². The van der Waals surface area contributed by atoms with Crippen LogP contribution in [-0.4, -0.2) is 23.2 Å². The van der Waals surface area contributed by atoms with E-state index in [9.17, 15) is 4.79 Å². The third kappa shape index (κ3) is 3.47. The molecule has 0 saturated carbocycles. The van der Waals surface area contributed by atoms with Gasteiger partial charge in [0.2, 0.25) is 0 Å². The number of rotatable bonds is 2. The first kappa shape index (κ1) is 16.0. The van der Waals surface area contributed by atoms with E-state index in [1.807, 2.05) is 20.8 Å². The van der Waals surface area contributed by atoms with Gasteiger partial charge in [-0.2, -0.15) is 0 Å². The quantitative estimate of drug-likeness (QED) is 0.574. The van der Waals surface area contributed by atoms with Crippen LogP contribution in [0.25, 0.3) is 0 Å². The molecule has 0 amide bonds. The molecule has 18 heavy (non-hydrogen) atoms. The minimum Gasteiger partial charge on any atom is -0.458 e. The molecule has 0 radical (unpaired) electrons. The fourth-order valence-corrected chi connectivity index (χ4v) is 3.04. The van der Waals surface area contributed by atoms with Gasteiger partial charge in [0.1, 0.15) is 11.1 Å².